The summed E-state index contributed by atoms with van der Waals surface area (Å²) >= 11 is 0. The highest BCUT2D eigenvalue weighted by molar-refractivity contribution is 6.09. The fourth-order valence-corrected chi connectivity index (χ4v) is 9.04. The Morgan fingerprint density at radius 1 is 0.854 bits per heavy atom. The molecule has 2 aromatic carbocycles. The van der Waals surface area contributed by atoms with Crippen LogP contribution in [0, 0.1) is 23.2 Å². The number of rotatable bonds is 4. The third kappa shape index (κ3) is 5.55. The average molecular weight is 651 g/mol. The fraction of sp³-hybridized carbons (Fsp3) is 0.487. The van der Waals surface area contributed by atoms with Crippen LogP contribution in [0.25, 0.3) is 0 Å². The van der Waals surface area contributed by atoms with Crippen molar-refractivity contribution in [3.05, 3.63) is 96.1 Å². The maximum Gasteiger partial charge on any atom is 0.246 e. The van der Waals surface area contributed by atoms with Gasteiger partial charge in [0.2, 0.25) is 23.6 Å². The molecule has 0 bridgehead atoms. The largest absolute Gasteiger partial charge is 0.365 e. The van der Waals surface area contributed by atoms with E-state index in [4.69, 9.17) is 4.74 Å². The first-order valence-electron chi connectivity index (χ1n) is 17.5. The number of nitrogens with zero attached hydrogens (tertiary/aromatic N) is 1. The Hall–Kier alpha value is -4.24. The number of ether oxygens (including phenoxy) is 1. The number of carbonyl (C=O) groups is 4. The number of epoxide rings is 1. The molecule has 7 rings (SSSR count). The second kappa shape index (κ2) is 13.0. The van der Waals surface area contributed by atoms with E-state index >= 15 is 4.79 Å². The van der Waals surface area contributed by atoms with E-state index in [0.717, 1.165) is 17.5 Å². The van der Waals surface area contributed by atoms with Gasteiger partial charge in [-0.1, -0.05) is 91.9 Å². The van der Waals surface area contributed by atoms with Crippen molar-refractivity contribution in [2.24, 2.45) is 23.2 Å². The first kappa shape index (κ1) is 32.3. The molecule has 2 unspecified atom stereocenters. The number of carbonyl (C=O) groups excluding carboxylic acids is 4. The van der Waals surface area contributed by atoms with E-state index in [0.29, 0.717) is 38.8 Å². The van der Waals surface area contributed by atoms with Crippen LogP contribution in [-0.2, 0) is 36.8 Å². The Balaban J connectivity index is 1.32. The van der Waals surface area contributed by atoms with E-state index in [1.54, 1.807) is 4.90 Å². The molecule has 0 radical (unpaired) electrons. The monoisotopic (exact) mass is 650 g/mol. The number of benzene rings is 2. The Morgan fingerprint density at radius 3 is 2.25 bits per heavy atom. The van der Waals surface area contributed by atoms with Gasteiger partial charge in [-0.05, 0) is 56.1 Å². The Bertz CT molecular complexity index is 1610. The van der Waals surface area contributed by atoms with E-state index in [1.807, 2.05) is 78.9 Å². The molecule has 252 valence electrons. The van der Waals surface area contributed by atoms with Gasteiger partial charge in [0.1, 0.15) is 17.5 Å². The van der Waals surface area contributed by atoms with Gasteiger partial charge in [-0.2, -0.15) is 0 Å². The minimum absolute atomic E-state index is 0.113. The predicted octanol–water partition coefficient (Wildman–Crippen LogP) is 3.49. The molecule has 9 heteroatoms. The van der Waals surface area contributed by atoms with Crippen molar-refractivity contribution < 1.29 is 23.9 Å². The van der Waals surface area contributed by atoms with Crippen LogP contribution >= 0.6 is 0 Å². The SMILES string of the molecule is C[C@H]1C2[C@H](Cc3ccccc3)NC(=O)[C@]23C(=O)N[C@@H](Cc2ccccc2)C(=O)N2CCC[C@H]2C(=O)NC/C=C/CC/C=C/C3[C@@H]2O[C@]12C. The lowest BCUT2D eigenvalue weighted by Gasteiger charge is -2.46. The molecule has 2 aromatic rings. The summed E-state index contributed by atoms with van der Waals surface area (Å²) in [6.07, 6.45) is 11.3. The maximum absolute atomic E-state index is 15.2. The Morgan fingerprint density at radius 2 is 1.52 bits per heavy atom. The van der Waals surface area contributed by atoms with Gasteiger partial charge < -0.3 is 25.6 Å². The summed E-state index contributed by atoms with van der Waals surface area (Å²) in [7, 11) is 0. The molecule has 4 aliphatic heterocycles. The van der Waals surface area contributed by atoms with Gasteiger partial charge in [-0.3, -0.25) is 19.2 Å². The normalized spacial score (nSPS) is 37.9. The summed E-state index contributed by atoms with van der Waals surface area (Å²) in [4.78, 5) is 59.2. The molecule has 9 nitrogen and oxygen atoms in total. The molecule has 9 atom stereocenters. The summed E-state index contributed by atoms with van der Waals surface area (Å²) in [5.74, 6) is -2.27. The summed E-state index contributed by atoms with van der Waals surface area (Å²) in [5.41, 5.74) is -0.00487. The third-order valence-corrected chi connectivity index (χ3v) is 11.6. The van der Waals surface area contributed by atoms with Crippen molar-refractivity contribution in [1.29, 1.82) is 0 Å². The molecular weight excluding hydrogens is 604 g/mol. The van der Waals surface area contributed by atoms with Crippen LogP contribution in [0.4, 0.5) is 0 Å². The highest BCUT2D eigenvalue weighted by Crippen LogP contribution is 2.65. The van der Waals surface area contributed by atoms with Crippen LogP contribution in [0.3, 0.4) is 0 Å². The van der Waals surface area contributed by atoms with Crippen molar-refractivity contribution in [3.63, 3.8) is 0 Å². The van der Waals surface area contributed by atoms with E-state index < -0.39 is 34.9 Å². The highest BCUT2D eigenvalue weighted by atomic mass is 16.6. The highest BCUT2D eigenvalue weighted by Gasteiger charge is 2.78. The molecule has 1 spiro atoms. The van der Waals surface area contributed by atoms with Crippen LogP contribution < -0.4 is 16.0 Å². The van der Waals surface area contributed by atoms with Crippen molar-refractivity contribution in [3.8, 4) is 0 Å². The first-order valence-corrected chi connectivity index (χ1v) is 17.5. The van der Waals surface area contributed by atoms with Gasteiger partial charge in [0, 0.05) is 37.4 Å². The maximum atomic E-state index is 15.2. The quantitative estimate of drug-likeness (QED) is 0.266. The molecule has 1 saturated carbocycles. The van der Waals surface area contributed by atoms with E-state index in [9.17, 15) is 14.4 Å². The molecule has 4 heterocycles. The number of fused-ring (bicyclic) bond motifs is 3. The predicted molar refractivity (Wildman–Crippen MR) is 181 cm³/mol. The Labute approximate surface area is 282 Å². The van der Waals surface area contributed by atoms with Crippen LogP contribution in [0.2, 0.25) is 0 Å². The molecule has 3 saturated heterocycles. The topological polar surface area (TPSA) is 120 Å². The Kier molecular flexibility index (Phi) is 8.75. The summed E-state index contributed by atoms with van der Waals surface area (Å²) < 4.78 is 6.46. The number of nitrogens with one attached hydrogen (secondary N) is 3. The second-order valence-corrected chi connectivity index (χ2v) is 14.3. The lowest BCUT2D eigenvalue weighted by Crippen LogP contribution is -2.64. The van der Waals surface area contributed by atoms with Crippen LogP contribution in [-0.4, -0.2) is 71.4 Å². The van der Waals surface area contributed by atoms with Gasteiger partial charge in [0.05, 0.1) is 11.7 Å². The number of hydrogen-bond donors (Lipinski definition) is 3. The van der Waals surface area contributed by atoms with Gasteiger partial charge in [-0.15, -0.1) is 0 Å². The molecule has 0 aromatic heterocycles. The van der Waals surface area contributed by atoms with Crippen molar-refractivity contribution in [1.82, 2.24) is 20.9 Å². The third-order valence-electron chi connectivity index (χ3n) is 11.6. The second-order valence-electron chi connectivity index (χ2n) is 14.3. The molecule has 48 heavy (non-hydrogen) atoms. The zero-order valence-corrected chi connectivity index (χ0v) is 27.8. The van der Waals surface area contributed by atoms with Gasteiger partial charge in [0.25, 0.3) is 0 Å². The van der Waals surface area contributed by atoms with Crippen molar-refractivity contribution >= 4 is 23.6 Å². The minimum atomic E-state index is -1.49. The zero-order chi connectivity index (χ0) is 33.5. The van der Waals surface area contributed by atoms with Crippen LogP contribution in [0.15, 0.2) is 85.0 Å². The zero-order valence-electron chi connectivity index (χ0n) is 27.8. The summed E-state index contributed by atoms with van der Waals surface area (Å²) in [6.45, 7) is 5.02. The summed E-state index contributed by atoms with van der Waals surface area (Å²) in [6, 6.07) is 17.7. The number of hydrogen-bond acceptors (Lipinski definition) is 5. The number of allylic oxidation sites excluding steroid dienone is 2. The first-order chi connectivity index (χ1) is 23.2. The average Bonchev–Trinajstić information content (AvgIpc) is 3.41. The smallest absolute Gasteiger partial charge is 0.246 e. The van der Waals surface area contributed by atoms with Gasteiger partial charge >= 0.3 is 0 Å². The van der Waals surface area contributed by atoms with E-state index in [-0.39, 0.29) is 48.1 Å². The standard InChI is InChI=1S/C39H46N4O5/c1-25-32-29(23-26-15-8-6-9-16-26)41-36(46)39(32)28(33-38(25,2)48-33)19-12-4-3-5-13-21-40-34(44)31-20-14-22-43(31)35(45)30(42-37(39)47)24-27-17-10-7-11-18-27/h5-13,15-19,25,28-33H,3-4,14,20-24H2,1-2H3,(H,40,44)(H,41,46)(H,42,47)/b13-5+,19-12+/t25-,28?,29-,30-,31-,32?,33-,38+,39+/m0/s1. The minimum Gasteiger partial charge on any atom is -0.365 e. The molecule has 3 N–H and O–H groups in total. The molecule has 4 amide bonds. The summed E-state index contributed by atoms with van der Waals surface area (Å²) in [5, 5.41) is 9.41. The number of amides is 4. The molecular formula is C39H46N4O5. The van der Waals surface area contributed by atoms with Gasteiger partial charge in [0.15, 0.2) is 0 Å². The van der Waals surface area contributed by atoms with Crippen LogP contribution in [0.1, 0.15) is 50.7 Å². The lowest BCUT2D eigenvalue weighted by atomic mass is 9.52. The van der Waals surface area contributed by atoms with Crippen molar-refractivity contribution in [2.45, 2.75) is 82.2 Å². The molecule has 5 aliphatic rings. The molecule has 1 aliphatic carbocycles. The van der Waals surface area contributed by atoms with E-state index in [2.05, 4.69) is 35.9 Å². The molecule has 4 fully saturated rings. The van der Waals surface area contributed by atoms with Crippen molar-refractivity contribution in [2.75, 3.05) is 13.1 Å². The lowest BCUT2D eigenvalue weighted by molar-refractivity contribution is -0.152. The van der Waals surface area contributed by atoms with Crippen LogP contribution in [0.5, 0.6) is 0 Å². The van der Waals surface area contributed by atoms with Gasteiger partial charge in [-0.25, -0.2) is 0 Å². The fourth-order valence-electron chi connectivity index (χ4n) is 9.04. The van der Waals surface area contributed by atoms with E-state index in [1.165, 1.54) is 0 Å².